The minimum atomic E-state index is 0.340. The van der Waals surface area contributed by atoms with E-state index in [-0.39, 0.29) is 0 Å². The van der Waals surface area contributed by atoms with Crippen molar-refractivity contribution < 1.29 is 0 Å². The lowest BCUT2D eigenvalue weighted by molar-refractivity contribution is 0.498. The second kappa shape index (κ2) is 6.15. The Balaban J connectivity index is 2.54. The van der Waals surface area contributed by atoms with Crippen LogP contribution in [0.15, 0.2) is 6.07 Å². The van der Waals surface area contributed by atoms with E-state index in [1.165, 1.54) is 5.69 Å². The van der Waals surface area contributed by atoms with E-state index in [2.05, 4.69) is 22.8 Å². The number of aryl methyl sites for hydroxylation is 2. The second-order valence-electron chi connectivity index (χ2n) is 3.75. The number of thioether (sulfide) groups is 1. The zero-order chi connectivity index (χ0) is 11.3. The molecular formula is C10H20N4S. The molecule has 4 nitrogen and oxygen atoms in total. The van der Waals surface area contributed by atoms with Gasteiger partial charge in [0.1, 0.15) is 0 Å². The van der Waals surface area contributed by atoms with E-state index in [1.807, 2.05) is 30.4 Å². The first-order chi connectivity index (χ1) is 7.17. The summed E-state index contributed by atoms with van der Waals surface area (Å²) in [6.45, 7) is 2.01. The van der Waals surface area contributed by atoms with Gasteiger partial charge < -0.3 is 0 Å². The molecule has 0 aliphatic heterocycles. The fourth-order valence-electron chi connectivity index (χ4n) is 1.61. The van der Waals surface area contributed by atoms with Crippen LogP contribution in [-0.2, 0) is 13.5 Å². The molecule has 0 amide bonds. The molecule has 3 N–H and O–H groups in total. The van der Waals surface area contributed by atoms with E-state index in [1.54, 1.807) is 0 Å². The average molecular weight is 228 g/mol. The highest BCUT2D eigenvalue weighted by atomic mass is 32.2. The van der Waals surface area contributed by atoms with Gasteiger partial charge in [-0.1, -0.05) is 0 Å². The molecule has 0 fully saturated rings. The lowest BCUT2D eigenvalue weighted by Gasteiger charge is -2.14. The molecule has 0 aromatic carbocycles. The van der Waals surface area contributed by atoms with Crippen LogP contribution < -0.4 is 11.3 Å². The molecule has 0 saturated carbocycles. The fourth-order valence-corrected chi connectivity index (χ4v) is 2.13. The van der Waals surface area contributed by atoms with Crippen LogP contribution in [0, 0.1) is 6.92 Å². The third-order valence-electron chi connectivity index (χ3n) is 2.46. The van der Waals surface area contributed by atoms with E-state index in [0.29, 0.717) is 6.04 Å². The van der Waals surface area contributed by atoms with Gasteiger partial charge in [-0.3, -0.25) is 16.0 Å². The Kier molecular flexibility index (Phi) is 5.14. The van der Waals surface area contributed by atoms with Crippen molar-refractivity contribution in [3.8, 4) is 0 Å². The van der Waals surface area contributed by atoms with Crippen LogP contribution in [0.2, 0.25) is 0 Å². The smallest absolute Gasteiger partial charge is 0.0596 e. The Morgan fingerprint density at radius 2 is 2.40 bits per heavy atom. The molecule has 1 unspecified atom stereocenters. The number of nitrogens with one attached hydrogen (secondary N) is 1. The standard InChI is InChI=1S/C10H20N4S/c1-8-6-10(14(2)13-8)7-9(12-11)4-5-15-3/h6,9,12H,4-5,7,11H2,1-3H3. The lowest BCUT2D eigenvalue weighted by Crippen LogP contribution is -2.37. The molecule has 0 saturated heterocycles. The minimum absolute atomic E-state index is 0.340. The average Bonchev–Trinajstić information content (AvgIpc) is 2.52. The summed E-state index contributed by atoms with van der Waals surface area (Å²) in [6, 6.07) is 2.45. The van der Waals surface area contributed by atoms with Gasteiger partial charge in [-0.25, -0.2) is 0 Å². The Morgan fingerprint density at radius 3 is 2.87 bits per heavy atom. The summed E-state index contributed by atoms with van der Waals surface area (Å²) in [7, 11) is 1.98. The molecule has 1 heterocycles. The molecule has 1 aromatic heterocycles. The SMILES string of the molecule is CSCCC(Cc1cc(C)nn1C)NN. The van der Waals surface area contributed by atoms with Gasteiger partial charge in [-0.15, -0.1) is 0 Å². The predicted octanol–water partition coefficient (Wildman–Crippen LogP) is 0.856. The van der Waals surface area contributed by atoms with Crippen LogP contribution in [0.1, 0.15) is 17.8 Å². The van der Waals surface area contributed by atoms with Gasteiger partial charge in [0.25, 0.3) is 0 Å². The fraction of sp³-hybridized carbons (Fsp3) is 0.700. The van der Waals surface area contributed by atoms with Gasteiger partial charge in [0.05, 0.1) is 5.69 Å². The maximum Gasteiger partial charge on any atom is 0.0596 e. The van der Waals surface area contributed by atoms with E-state index in [9.17, 15) is 0 Å². The highest BCUT2D eigenvalue weighted by Gasteiger charge is 2.10. The topological polar surface area (TPSA) is 55.9 Å². The zero-order valence-corrected chi connectivity index (χ0v) is 10.5. The molecule has 1 aromatic rings. The molecule has 86 valence electrons. The number of aromatic nitrogens is 2. The molecule has 1 atom stereocenters. The van der Waals surface area contributed by atoms with Crippen LogP contribution >= 0.6 is 11.8 Å². The Morgan fingerprint density at radius 1 is 1.67 bits per heavy atom. The van der Waals surface area contributed by atoms with Crippen molar-refractivity contribution in [1.29, 1.82) is 0 Å². The molecule has 5 heteroatoms. The third kappa shape index (κ3) is 3.85. The first-order valence-corrected chi connectivity index (χ1v) is 6.51. The molecule has 0 bridgehead atoms. The van der Waals surface area contributed by atoms with Gasteiger partial charge in [0.2, 0.25) is 0 Å². The molecule has 1 rings (SSSR count). The quantitative estimate of drug-likeness (QED) is 0.560. The van der Waals surface area contributed by atoms with Crippen molar-refractivity contribution in [2.45, 2.75) is 25.8 Å². The lowest BCUT2D eigenvalue weighted by atomic mass is 10.1. The maximum atomic E-state index is 5.53. The Bertz CT molecular complexity index is 298. The summed E-state index contributed by atoms with van der Waals surface area (Å²) < 4.78 is 1.93. The van der Waals surface area contributed by atoms with Gasteiger partial charge in [-0.2, -0.15) is 16.9 Å². The molecule has 15 heavy (non-hydrogen) atoms. The van der Waals surface area contributed by atoms with Crippen molar-refractivity contribution >= 4 is 11.8 Å². The molecule has 0 spiro atoms. The number of hydrazine groups is 1. The largest absolute Gasteiger partial charge is 0.272 e. The van der Waals surface area contributed by atoms with E-state index in [0.717, 1.165) is 24.3 Å². The first kappa shape index (κ1) is 12.5. The zero-order valence-electron chi connectivity index (χ0n) is 9.66. The van der Waals surface area contributed by atoms with Crippen LogP contribution in [-0.4, -0.2) is 27.8 Å². The van der Waals surface area contributed by atoms with E-state index >= 15 is 0 Å². The summed E-state index contributed by atoms with van der Waals surface area (Å²) in [6.07, 6.45) is 4.14. The highest BCUT2D eigenvalue weighted by Crippen LogP contribution is 2.08. The first-order valence-electron chi connectivity index (χ1n) is 5.12. The molecule has 0 aliphatic rings. The van der Waals surface area contributed by atoms with Crippen LogP contribution in [0.5, 0.6) is 0 Å². The van der Waals surface area contributed by atoms with Crippen molar-refractivity contribution in [2.24, 2.45) is 12.9 Å². The third-order valence-corrected chi connectivity index (χ3v) is 3.10. The normalized spacial score (nSPS) is 13.1. The maximum absolute atomic E-state index is 5.53. The van der Waals surface area contributed by atoms with E-state index in [4.69, 9.17) is 5.84 Å². The van der Waals surface area contributed by atoms with E-state index < -0.39 is 0 Å². The summed E-state index contributed by atoms with van der Waals surface area (Å²) in [5.74, 6) is 6.66. The number of nitrogens with zero attached hydrogens (tertiary/aromatic N) is 2. The number of hydrogen-bond donors (Lipinski definition) is 2. The summed E-state index contributed by atoms with van der Waals surface area (Å²) in [4.78, 5) is 0. The molecule has 0 radical (unpaired) electrons. The number of hydrogen-bond acceptors (Lipinski definition) is 4. The monoisotopic (exact) mass is 228 g/mol. The number of nitrogens with two attached hydrogens (primary N) is 1. The summed E-state index contributed by atoms with van der Waals surface area (Å²) in [5.41, 5.74) is 5.16. The van der Waals surface area contributed by atoms with Gasteiger partial charge in [0, 0.05) is 25.2 Å². The van der Waals surface area contributed by atoms with Crippen molar-refractivity contribution in [2.75, 3.05) is 12.0 Å². The highest BCUT2D eigenvalue weighted by molar-refractivity contribution is 7.98. The van der Waals surface area contributed by atoms with Gasteiger partial charge >= 0.3 is 0 Å². The van der Waals surface area contributed by atoms with Crippen molar-refractivity contribution in [3.63, 3.8) is 0 Å². The number of rotatable bonds is 6. The van der Waals surface area contributed by atoms with Crippen LogP contribution in [0.25, 0.3) is 0 Å². The summed E-state index contributed by atoms with van der Waals surface area (Å²) >= 11 is 1.85. The second-order valence-corrected chi connectivity index (χ2v) is 4.74. The van der Waals surface area contributed by atoms with Crippen molar-refractivity contribution in [1.82, 2.24) is 15.2 Å². The predicted molar refractivity (Wildman–Crippen MR) is 65.8 cm³/mol. The molecular weight excluding hydrogens is 208 g/mol. The van der Waals surface area contributed by atoms with Crippen molar-refractivity contribution in [3.05, 3.63) is 17.5 Å². The molecule has 0 aliphatic carbocycles. The van der Waals surface area contributed by atoms with Crippen LogP contribution in [0.4, 0.5) is 0 Å². The summed E-state index contributed by atoms with van der Waals surface area (Å²) in [5, 5.41) is 4.32. The Labute approximate surface area is 95.6 Å². The minimum Gasteiger partial charge on any atom is -0.272 e. The Hall–Kier alpha value is -0.520. The van der Waals surface area contributed by atoms with Gasteiger partial charge in [0.15, 0.2) is 0 Å². The van der Waals surface area contributed by atoms with Crippen LogP contribution in [0.3, 0.4) is 0 Å². The van der Waals surface area contributed by atoms with Gasteiger partial charge in [-0.05, 0) is 31.4 Å².